The van der Waals surface area contributed by atoms with Gasteiger partial charge in [-0.3, -0.25) is 9.69 Å². The summed E-state index contributed by atoms with van der Waals surface area (Å²) in [5.74, 6) is -1.21. The fourth-order valence-electron chi connectivity index (χ4n) is 4.36. The van der Waals surface area contributed by atoms with E-state index in [0.29, 0.717) is 37.4 Å². The van der Waals surface area contributed by atoms with Gasteiger partial charge in [-0.1, -0.05) is 0 Å². The van der Waals surface area contributed by atoms with E-state index in [0.717, 1.165) is 6.20 Å². The van der Waals surface area contributed by atoms with Crippen molar-refractivity contribution in [3.05, 3.63) is 29.8 Å². The van der Waals surface area contributed by atoms with Crippen molar-refractivity contribution in [3.63, 3.8) is 0 Å². The van der Waals surface area contributed by atoms with Gasteiger partial charge in [-0.2, -0.15) is 18.2 Å². The Labute approximate surface area is 197 Å². The van der Waals surface area contributed by atoms with Gasteiger partial charge >= 0.3 is 6.18 Å². The third-order valence-corrected chi connectivity index (χ3v) is 6.20. The molecular formula is C21H23F5N8O. The van der Waals surface area contributed by atoms with Gasteiger partial charge < -0.3 is 15.6 Å². The van der Waals surface area contributed by atoms with Crippen molar-refractivity contribution in [2.24, 2.45) is 5.41 Å². The molecule has 2 N–H and O–H groups in total. The Bertz CT molecular complexity index is 1120. The molecule has 1 amide bonds. The number of halogens is 5. The number of aromatic nitrogens is 4. The van der Waals surface area contributed by atoms with Crippen molar-refractivity contribution in [3.8, 4) is 0 Å². The van der Waals surface area contributed by atoms with E-state index < -0.39 is 30.4 Å². The molecule has 35 heavy (non-hydrogen) atoms. The zero-order valence-corrected chi connectivity index (χ0v) is 18.7. The topological polar surface area (TPSA) is 111 Å². The number of rotatable bonds is 6. The molecular weight excluding hydrogens is 475 g/mol. The molecule has 2 aromatic heterocycles. The SMILES string of the molecule is CC(=N)c1cnc(N2CCC3(CC2)CC(=O)N(c2ccnc(C(F)(F)F)n2)C3)nc1NCC(F)F. The van der Waals surface area contributed by atoms with Crippen LogP contribution >= 0.6 is 0 Å². The van der Waals surface area contributed by atoms with Crippen LogP contribution in [-0.4, -0.2) is 64.2 Å². The van der Waals surface area contributed by atoms with Crippen LogP contribution in [0.25, 0.3) is 0 Å². The molecule has 0 aromatic carbocycles. The van der Waals surface area contributed by atoms with Crippen molar-refractivity contribution < 1.29 is 26.7 Å². The maximum atomic E-state index is 13.0. The lowest BCUT2D eigenvalue weighted by molar-refractivity contribution is -0.145. The molecule has 0 bridgehead atoms. The van der Waals surface area contributed by atoms with Crippen molar-refractivity contribution in [1.29, 1.82) is 5.41 Å². The molecule has 4 heterocycles. The van der Waals surface area contributed by atoms with Gasteiger partial charge in [0.05, 0.1) is 12.1 Å². The highest BCUT2D eigenvalue weighted by molar-refractivity contribution is 6.00. The van der Waals surface area contributed by atoms with Crippen LogP contribution < -0.4 is 15.1 Å². The Hall–Kier alpha value is -3.45. The predicted molar refractivity (Wildman–Crippen MR) is 117 cm³/mol. The number of alkyl halides is 5. The first-order valence-corrected chi connectivity index (χ1v) is 10.9. The van der Waals surface area contributed by atoms with Gasteiger partial charge in [-0.25, -0.2) is 23.7 Å². The molecule has 2 aromatic rings. The molecule has 0 atom stereocenters. The summed E-state index contributed by atoms with van der Waals surface area (Å²) >= 11 is 0. The molecule has 0 aliphatic carbocycles. The normalized spacial score (nSPS) is 18.0. The summed E-state index contributed by atoms with van der Waals surface area (Å²) in [7, 11) is 0. The van der Waals surface area contributed by atoms with Crippen LogP contribution in [0.4, 0.5) is 39.5 Å². The fraction of sp³-hybridized carbons (Fsp3) is 0.524. The fourth-order valence-corrected chi connectivity index (χ4v) is 4.36. The maximum absolute atomic E-state index is 13.0. The van der Waals surface area contributed by atoms with E-state index >= 15 is 0 Å². The van der Waals surface area contributed by atoms with Crippen LogP contribution in [0.15, 0.2) is 18.5 Å². The van der Waals surface area contributed by atoms with Crippen molar-refractivity contribution in [1.82, 2.24) is 19.9 Å². The molecule has 1 spiro atoms. The first kappa shape index (κ1) is 24.7. The highest BCUT2D eigenvalue weighted by Gasteiger charge is 2.46. The van der Waals surface area contributed by atoms with E-state index in [2.05, 4.69) is 25.3 Å². The minimum atomic E-state index is -4.71. The Morgan fingerprint density at radius 3 is 2.57 bits per heavy atom. The van der Waals surface area contributed by atoms with Crippen LogP contribution in [0.5, 0.6) is 0 Å². The molecule has 9 nitrogen and oxygen atoms in total. The summed E-state index contributed by atoms with van der Waals surface area (Å²) in [5.41, 5.74) is 0.0240. The molecule has 2 aliphatic rings. The van der Waals surface area contributed by atoms with Crippen LogP contribution in [0.2, 0.25) is 0 Å². The lowest BCUT2D eigenvalue weighted by atomic mass is 9.77. The molecule has 0 saturated carbocycles. The number of carbonyl (C=O) groups is 1. The number of amides is 1. The standard InChI is InChI=1S/C21H23F5N8O/c1-12(27)13-9-30-19(32-17(13)29-10-14(22)23)33-6-3-20(4-7-33)8-16(35)34(11-20)15-2-5-28-18(31-15)21(24,25)26/h2,5,9,14,27H,3-4,6-8,10-11H2,1H3,(H,29,30,32). The number of hydrogen-bond acceptors (Lipinski definition) is 8. The maximum Gasteiger partial charge on any atom is 0.451 e. The van der Waals surface area contributed by atoms with E-state index in [9.17, 15) is 26.7 Å². The Kier molecular flexibility index (Phi) is 6.56. The summed E-state index contributed by atoms with van der Waals surface area (Å²) in [6, 6.07) is 1.29. The first-order valence-electron chi connectivity index (χ1n) is 10.9. The van der Waals surface area contributed by atoms with Gasteiger partial charge in [0.25, 0.3) is 6.43 Å². The van der Waals surface area contributed by atoms with Crippen LogP contribution in [0.3, 0.4) is 0 Å². The molecule has 188 valence electrons. The second-order valence-corrected chi connectivity index (χ2v) is 8.71. The highest BCUT2D eigenvalue weighted by atomic mass is 19.4. The van der Waals surface area contributed by atoms with E-state index in [4.69, 9.17) is 5.41 Å². The number of anilines is 3. The number of piperidine rings is 1. The van der Waals surface area contributed by atoms with Gasteiger partial charge in [0, 0.05) is 49.6 Å². The Morgan fingerprint density at radius 1 is 1.23 bits per heavy atom. The van der Waals surface area contributed by atoms with E-state index in [1.807, 2.05) is 4.90 Å². The number of nitrogens with one attached hydrogen (secondary N) is 2. The monoisotopic (exact) mass is 498 g/mol. The van der Waals surface area contributed by atoms with Gasteiger partial charge in [0.1, 0.15) is 11.6 Å². The predicted octanol–water partition coefficient (Wildman–Crippen LogP) is 3.37. The second kappa shape index (κ2) is 9.30. The van der Waals surface area contributed by atoms with E-state index in [1.165, 1.54) is 24.1 Å². The average molecular weight is 498 g/mol. The molecule has 0 radical (unpaired) electrons. The third-order valence-electron chi connectivity index (χ3n) is 6.20. The first-order chi connectivity index (χ1) is 16.5. The van der Waals surface area contributed by atoms with Crippen LogP contribution in [0.1, 0.15) is 37.6 Å². The lowest BCUT2D eigenvalue weighted by Gasteiger charge is -2.38. The van der Waals surface area contributed by atoms with Gasteiger partial charge in [0.2, 0.25) is 17.7 Å². The van der Waals surface area contributed by atoms with Gasteiger partial charge in [-0.05, 0) is 25.8 Å². The average Bonchev–Trinajstić information content (AvgIpc) is 3.13. The Morgan fingerprint density at radius 2 is 1.94 bits per heavy atom. The summed E-state index contributed by atoms with van der Waals surface area (Å²) in [4.78, 5) is 31.2. The van der Waals surface area contributed by atoms with E-state index in [1.54, 1.807) is 0 Å². The second-order valence-electron chi connectivity index (χ2n) is 8.71. The highest BCUT2D eigenvalue weighted by Crippen LogP contribution is 2.43. The molecule has 2 fully saturated rings. The molecule has 4 rings (SSSR count). The molecule has 14 heteroatoms. The van der Waals surface area contributed by atoms with E-state index in [-0.39, 0.29) is 36.2 Å². The molecule has 2 aliphatic heterocycles. The van der Waals surface area contributed by atoms with Crippen LogP contribution in [-0.2, 0) is 11.0 Å². The molecule has 0 unspecified atom stereocenters. The minimum Gasteiger partial charge on any atom is -0.364 e. The van der Waals surface area contributed by atoms with Crippen molar-refractivity contribution in [2.45, 2.75) is 38.8 Å². The van der Waals surface area contributed by atoms with Crippen molar-refractivity contribution >= 4 is 29.2 Å². The largest absolute Gasteiger partial charge is 0.451 e. The zero-order chi connectivity index (χ0) is 25.4. The number of hydrogen-bond donors (Lipinski definition) is 2. The minimum absolute atomic E-state index is 0.0766. The third kappa shape index (κ3) is 5.30. The quantitative estimate of drug-likeness (QED) is 0.464. The smallest absolute Gasteiger partial charge is 0.364 e. The van der Waals surface area contributed by atoms with Gasteiger partial charge in [-0.15, -0.1) is 0 Å². The summed E-state index contributed by atoms with van der Waals surface area (Å²) < 4.78 is 64.3. The molecule has 2 saturated heterocycles. The Balaban J connectivity index is 1.46. The summed E-state index contributed by atoms with van der Waals surface area (Å²) in [6.45, 7) is 2.07. The van der Waals surface area contributed by atoms with Crippen LogP contribution in [0, 0.1) is 10.8 Å². The summed E-state index contributed by atoms with van der Waals surface area (Å²) in [6.07, 6.45) is -3.61. The van der Waals surface area contributed by atoms with Crippen molar-refractivity contribution in [2.75, 3.05) is 41.3 Å². The van der Waals surface area contributed by atoms with Gasteiger partial charge in [0.15, 0.2) is 0 Å². The lowest BCUT2D eigenvalue weighted by Crippen LogP contribution is -2.42. The number of nitrogens with zero attached hydrogens (tertiary/aromatic N) is 6. The number of carbonyl (C=O) groups excluding carboxylic acids is 1. The summed E-state index contributed by atoms with van der Waals surface area (Å²) in [5, 5.41) is 10.4. The zero-order valence-electron chi connectivity index (χ0n) is 18.7.